The zero-order valence-corrected chi connectivity index (χ0v) is 12.5. The second kappa shape index (κ2) is 6.06. The van der Waals surface area contributed by atoms with Gasteiger partial charge in [-0.1, -0.05) is 29.8 Å². The summed E-state index contributed by atoms with van der Waals surface area (Å²) in [6, 6.07) is 9.74. The predicted octanol–water partition coefficient (Wildman–Crippen LogP) is 4.29. The summed E-state index contributed by atoms with van der Waals surface area (Å²) in [4.78, 5) is 22.5. The van der Waals surface area contributed by atoms with E-state index in [9.17, 15) is 14.9 Å². The van der Waals surface area contributed by atoms with E-state index in [0.29, 0.717) is 0 Å². The van der Waals surface area contributed by atoms with Crippen LogP contribution < -0.4 is 0 Å². The van der Waals surface area contributed by atoms with Gasteiger partial charge in [-0.15, -0.1) is 0 Å². The van der Waals surface area contributed by atoms with E-state index in [2.05, 4.69) is 0 Å². The van der Waals surface area contributed by atoms with Gasteiger partial charge in [0, 0.05) is 29.1 Å². The molecule has 0 spiro atoms. The second-order valence-corrected chi connectivity index (χ2v) is 5.41. The van der Waals surface area contributed by atoms with Crippen molar-refractivity contribution >= 4 is 23.1 Å². The number of carbonyl (C=O) groups excluding carboxylic acids is 1. The Kier molecular flexibility index (Phi) is 4.38. The average Bonchev–Trinajstić information content (AvgIpc) is 2.42. The van der Waals surface area contributed by atoms with Crippen LogP contribution >= 0.6 is 11.6 Å². The van der Waals surface area contributed by atoms with Crippen LogP contribution in [0.5, 0.6) is 0 Å². The topological polar surface area (TPSA) is 60.2 Å². The van der Waals surface area contributed by atoms with E-state index in [1.54, 1.807) is 0 Å². The van der Waals surface area contributed by atoms with Crippen molar-refractivity contribution in [3.63, 3.8) is 0 Å². The maximum Gasteiger partial charge on any atom is 0.271 e. The number of nitro benzene ring substituents is 1. The van der Waals surface area contributed by atoms with Gasteiger partial charge in [0.15, 0.2) is 5.78 Å². The maximum absolute atomic E-state index is 12.3. The standard InChI is InChI=1S/C16H14ClNO3/c1-10-3-4-12(5-11(10)2)6-16(19)13-7-14(17)9-15(8-13)18(20)21/h3-5,7-9H,6H2,1-2H3. The molecule has 0 aliphatic heterocycles. The van der Waals surface area contributed by atoms with Gasteiger partial charge in [0.25, 0.3) is 5.69 Å². The van der Waals surface area contributed by atoms with Crippen LogP contribution in [0.2, 0.25) is 5.02 Å². The van der Waals surface area contributed by atoms with Gasteiger partial charge in [-0.05, 0) is 36.6 Å². The average molecular weight is 304 g/mol. The number of hydrogen-bond donors (Lipinski definition) is 0. The lowest BCUT2D eigenvalue weighted by atomic mass is 9.99. The van der Waals surface area contributed by atoms with Crippen LogP contribution in [0.15, 0.2) is 36.4 Å². The fraction of sp³-hybridized carbons (Fsp3) is 0.188. The molecule has 108 valence electrons. The van der Waals surface area contributed by atoms with Gasteiger partial charge in [-0.2, -0.15) is 0 Å². The zero-order valence-electron chi connectivity index (χ0n) is 11.7. The molecule has 0 saturated carbocycles. The van der Waals surface area contributed by atoms with Gasteiger partial charge >= 0.3 is 0 Å². The summed E-state index contributed by atoms with van der Waals surface area (Å²) in [5.41, 5.74) is 3.23. The molecule has 0 aliphatic rings. The Morgan fingerprint density at radius 2 is 1.86 bits per heavy atom. The number of nitro groups is 1. The van der Waals surface area contributed by atoms with Crippen molar-refractivity contribution in [3.05, 3.63) is 73.8 Å². The fourth-order valence-electron chi connectivity index (χ4n) is 2.04. The van der Waals surface area contributed by atoms with Gasteiger partial charge in [0.2, 0.25) is 0 Å². The van der Waals surface area contributed by atoms with E-state index in [4.69, 9.17) is 11.6 Å². The van der Waals surface area contributed by atoms with Gasteiger partial charge in [-0.3, -0.25) is 14.9 Å². The van der Waals surface area contributed by atoms with Crippen molar-refractivity contribution < 1.29 is 9.72 Å². The number of hydrogen-bond acceptors (Lipinski definition) is 3. The Balaban J connectivity index is 2.27. The van der Waals surface area contributed by atoms with Gasteiger partial charge < -0.3 is 0 Å². The Bertz CT molecular complexity index is 725. The molecule has 0 bridgehead atoms. The highest BCUT2D eigenvalue weighted by Gasteiger charge is 2.14. The van der Waals surface area contributed by atoms with Crippen LogP contribution in [-0.4, -0.2) is 10.7 Å². The highest BCUT2D eigenvalue weighted by Crippen LogP contribution is 2.22. The van der Waals surface area contributed by atoms with Gasteiger partial charge in [0.05, 0.1) is 4.92 Å². The first-order valence-corrected chi connectivity index (χ1v) is 6.79. The number of benzene rings is 2. The SMILES string of the molecule is Cc1ccc(CC(=O)c2cc(Cl)cc([N+](=O)[O-])c2)cc1C. The third kappa shape index (κ3) is 3.67. The molecule has 2 aromatic rings. The van der Waals surface area contributed by atoms with Gasteiger partial charge in [0.1, 0.15) is 0 Å². The highest BCUT2D eigenvalue weighted by molar-refractivity contribution is 6.31. The molecule has 21 heavy (non-hydrogen) atoms. The van der Waals surface area contributed by atoms with Crippen molar-refractivity contribution in [1.82, 2.24) is 0 Å². The smallest absolute Gasteiger partial charge is 0.271 e. The minimum atomic E-state index is -0.557. The molecule has 0 saturated heterocycles. The van der Waals surface area contributed by atoms with Crippen molar-refractivity contribution in [2.24, 2.45) is 0 Å². The largest absolute Gasteiger partial charge is 0.294 e. The lowest BCUT2D eigenvalue weighted by molar-refractivity contribution is -0.384. The molecule has 0 fully saturated rings. The number of Topliss-reactive ketones (excluding diaryl/α,β-unsaturated/α-hetero) is 1. The van der Waals surface area contributed by atoms with E-state index < -0.39 is 4.92 Å². The number of carbonyl (C=O) groups is 1. The summed E-state index contributed by atoms with van der Waals surface area (Å²) in [5.74, 6) is -0.191. The van der Waals surface area contributed by atoms with E-state index in [1.165, 1.54) is 18.2 Å². The van der Waals surface area contributed by atoms with Gasteiger partial charge in [-0.25, -0.2) is 0 Å². The normalized spacial score (nSPS) is 10.4. The molecule has 0 amide bonds. The Labute approximate surface area is 127 Å². The van der Waals surface area contributed by atoms with Crippen molar-refractivity contribution in [2.75, 3.05) is 0 Å². The lowest BCUT2D eigenvalue weighted by Crippen LogP contribution is -2.05. The molecule has 4 nitrogen and oxygen atoms in total. The summed E-state index contributed by atoms with van der Waals surface area (Å²) in [7, 11) is 0. The number of nitrogens with zero attached hydrogens (tertiary/aromatic N) is 1. The molecule has 0 radical (unpaired) electrons. The molecule has 2 rings (SSSR count). The Morgan fingerprint density at radius 3 is 2.48 bits per heavy atom. The lowest BCUT2D eigenvalue weighted by Gasteiger charge is -2.05. The second-order valence-electron chi connectivity index (χ2n) is 4.97. The highest BCUT2D eigenvalue weighted by atomic mass is 35.5. The van der Waals surface area contributed by atoms with E-state index in [-0.39, 0.29) is 28.5 Å². The zero-order chi connectivity index (χ0) is 15.6. The molecule has 0 heterocycles. The monoisotopic (exact) mass is 303 g/mol. The molecule has 2 aromatic carbocycles. The maximum atomic E-state index is 12.3. The molecular weight excluding hydrogens is 290 g/mol. The first-order valence-electron chi connectivity index (χ1n) is 6.41. The number of ketones is 1. The molecule has 5 heteroatoms. The quantitative estimate of drug-likeness (QED) is 0.481. The number of aryl methyl sites for hydroxylation is 2. The predicted molar refractivity (Wildman–Crippen MR) is 82.1 cm³/mol. The fourth-order valence-corrected chi connectivity index (χ4v) is 2.27. The molecule has 0 aliphatic carbocycles. The van der Waals surface area contributed by atoms with Crippen LogP contribution in [0.1, 0.15) is 27.0 Å². The minimum absolute atomic E-state index is 0.175. The molecule has 0 unspecified atom stereocenters. The number of non-ortho nitro benzene ring substituents is 1. The van der Waals surface area contributed by atoms with E-state index in [1.807, 2.05) is 32.0 Å². The summed E-state index contributed by atoms with van der Waals surface area (Å²) < 4.78 is 0. The Morgan fingerprint density at radius 1 is 1.14 bits per heavy atom. The van der Waals surface area contributed by atoms with Crippen LogP contribution in [0.3, 0.4) is 0 Å². The van der Waals surface area contributed by atoms with E-state index >= 15 is 0 Å². The molecule has 0 atom stereocenters. The summed E-state index contributed by atoms with van der Waals surface area (Å²) in [5, 5.41) is 11.0. The van der Waals surface area contributed by atoms with Crippen LogP contribution in [0.25, 0.3) is 0 Å². The Hall–Kier alpha value is -2.20. The third-order valence-electron chi connectivity index (χ3n) is 3.35. The van der Waals surface area contributed by atoms with E-state index in [0.717, 1.165) is 16.7 Å². The van der Waals surface area contributed by atoms with Crippen LogP contribution in [-0.2, 0) is 6.42 Å². The van der Waals surface area contributed by atoms with Crippen LogP contribution in [0.4, 0.5) is 5.69 Å². The van der Waals surface area contributed by atoms with Crippen molar-refractivity contribution in [1.29, 1.82) is 0 Å². The summed E-state index contributed by atoms with van der Waals surface area (Å²) in [6.45, 7) is 3.98. The summed E-state index contributed by atoms with van der Waals surface area (Å²) >= 11 is 5.83. The first kappa shape index (κ1) is 15.2. The first-order chi connectivity index (χ1) is 9.86. The number of halogens is 1. The van der Waals surface area contributed by atoms with Crippen molar-refractivity contribution in [2.45, 2.75) is 20.3 Å². The van der Waals surface area contributed by atoms with Crippen molar-refractivity contribution in [3.8, 4) is 0 Å². The molecule has 0 aromatic heterocycles. The third-order valence-corrected chi connectivity index (χ3v) is 3.57. The minimum Gasteiger partial charge on any atom is -0.294 e. The summed E-state index contributed by atoms with van der Waals surface area (Å²) in [6.07, 6.45) is 0.193. The molecular formula is C16H14ClNO3. The van der Waals surface area contributed by atoms with Crippen LogP contribution in [0, 0.1) is 24.0 Å². The molecule has 0 N–H and O–H groups in total. The number of rotatable bonds is 4.